The molecule has 0 heterocycles. The van der Waals surface area contributed by atoms with Crippen LogP contribution in [0.2, 0.25) is 0 Å². The summed E-state index contributed by atoms with van der Waals surface area (Å²) in [7, 11) is 0. The number of hydrogen-bond donors (Lipinski definition) is 1. The van der Waals surface area contributed by atoms with Crippen molar-refractivity contribution in [1.29, 1.82) is 5.26 Å². The molecular formula is C14H10BrFN2O. The molecule has 2 aromatic rings. The van der Waals surface area contributed by atoms with E-state index < -0.39 is 5.82 Å². The number of rotatable bonds is 3. The van der Waals surface area contributed by atoms with Gasteiger partial charge >= 0.3 is 0 Å². The Morgan fingerprint density at radius 3 is 2.79 bits per heavy atom. The molecule has 2 rings (SSSR count). The highest BCUT2D eigenvalue weighted by Crippen LogP contribution is 2.24. The second kappa shape index (κ2) is 5.72. The van der Waals surface area contributed by atoms with Crippen LogP contribution in [-0.4, -0.2) is 0 Å². The standard InChI is InChI=1S/C14H10BrFN2O/c15-11-5-4-9(6-13(11)18)8-19-14-3-1-2-12(16)10(14)7-17/h1-6H,8,18H2. The number of nitrogen functional groups attached to an aromatic ring is 1. The lowest BCUT2D eigenvalue weighted by molar-refractivity contribution is 0.303. The summed E-state index contributed by atoms with van der Waals surface area (Å²) in [6.45, 7) is 0.218. The van der Waals surface area contributed by atoms with Crippen LogP contribution in [0.4, 0.5) is 10.1 Å². The number of anilines is 1. The highest BCUT2D eigenvalue weighted by molar-refractivity contribution is 9.10. The van der Waals surface area contributed by atoms with Crippen LogP contribution >= 0.6 is 15.9 Å². The maximum atomic E-state index is 13.4. The van der Waals surface area contributed by atoms with E-state index in [0.29, 0.717) is 5.69 Å². The molecule has 2 aromatic carbocycles. The summed E-state index contributed by atoms with van der Waals surface area (Å²) in [4.78, 5) is 0. The fourth-order valence-electron chi connectivity index (χ4n) is 1.58. The van der Waals surface area contributed by atoms with Gasteiger partial charge < -0.3 is 10.5 Å². The van der Waals surface area contributed by atoms with Gasteiger partial charge in [-0.25, -0.2) is 4.39 Å². The van der Waals surface area contributed by atoms with E-state index in [-0.39, 0.29) is 17.9 Å². The lowest BCUT2D eigenvalue weighted by atomic mass is 10.2. The number of hydrogen-bond acceptors (Lipinski definition) is 3. The van der Waals surface area contributed by atoms with Gasteiger partial charge in [-0.15, -0.1) is 0 Å². The van der Waals surface area contributed by atoms with Gasteiger partial charge in [-0.1, -0.05) is 12.1 Å². The van der Waals surface area contributed by atoms with Crippen LogP contribution in [0.3, 0.4) is 0 Å². The first-order valence-electron chi connectivity index (χ1n) is 5.47. The molecule has 0 aliphatic heterocycles. The maximum Gasteiger partial charge on any atom is 0.144 e. The van der Waals surface area contributed by atoms with Gasteiger partial charge in [-0.05, 0) is 45.8 Å². The smallest absolute Gasteiger partial charge is 0.144 e. The first-order chi connectivity index (χ1) is 9.11. The average Bonchev–Trinajstić information content (AvgIpc) is 2.40. The number of nitriles is 1. The van der Waals surface area contributed by atoms with Gasteiger partial charge in [0.1, 0.15) is 29.8 Å². The van der Waals surface area contributed by atoms with Crippen LogP contribution in [0.15, 0.2) is 40.9 Å². The molecule has 0 saturated carbocycles. The number of nitrogens with two attached hydrogens (primary N) is 1. The Morgan fingerprint density at radius 1 is 1.32 bits per heavy atom. The number of halogens is 2. The van der Waals surface area contributed by atoms with E-state index in [0.717, 1.165) is 10.0 Å². The van der Waals surface area contributed by atoms with E-state index in [9.17, 15) is 4.39 Å². The molecule has 96 valence electrons. The summed E-state index contributed by atoms with van der Waals surface area (Å²) in [5.74, 6) is -0.362. The van der Waals surface area contributed by atoms with Crippen molar-refractivity contribution in [3.05, 3.63) is 57.8 Å². The van der Waals surface area contributed by atoms with Crippen molar-refractivity contribution in [1.82, 2.24) is 0 Å². The molecule has 0 spiro atoms. The molecule has 0 aliphatic rings. The van der Waals surface area contributed by atoms with Crippen molar-refractivity contribution in [3.63, 3.8) is 0 Å². The highest BCUT2D eigenvalue weighted by atomic mass is 79.9. The van der Waals surface area contributed by atoms with Crippen LogP contribution in [0.5, 0.6) is 5.75 Å². The van der Waals surface area contributed by atoms with Crippen LogP contribution in [-0.2, 0) is 6.61 Å². The zero-order valence-corrected chi connectivity index (χ0v) is 11.4. The van der Waals surface area contributed by atoms with Crippen molar-refractivity contribution in [3.8, 4) is 11.8 Å². The molecule has 5 heteroatoms. The Morgan fingerprint density at radius 2 is 2.11 bits per heavy atom. The fraction of sp³-hybridized carbons (Fsp3) is 0.0714. The molecule has 3 nitrogen and oxygen atoms in total. The molecule has 0 amide bonds. The topological polar surface area (TPSA) is 59.0 Å². The molecule has 0 bridgehead atoms. The lowest BCUT2D eigenvalue weighted by Gasteiger charge is -2.09. The molecule has 0 fully saturated rings. The molecular weight excluding hydrogens is 311 g/mol. The summed E-state index contributed by atoms with van der Waals surface area (Å²) in [6.07, 6.45) is 0. The van der Waals surface area contributed by atoms with Gasteiger partial charge in [0.05, 0.1) is 0 Å². The lowest BCUT2D eigenvalue weighted by Crippen LogP contribution is -1.99. The third-order valence-corrected chi connectivity index (χ3v) is 3.26. The minimum absolute atomic E-state index is 0.0902. The van der Waals surface area contributed by atoms with Crippen molar-refractivity contribution in [2.24, 2.45) is 0 Å². The van der Waals surface area contributed by atoms with Gasteiger partial charge in [0.2, 0.25) is 0 Å². The third kappa shape index (κ3) is 3.04. The Hall–Kier alpha value is -2.06. The van der Waals surface area contributed by atoms with Gasteiger partial charge in [-0.3, -0.25) is 0 Å². The first kappa shape index (κ1) is 13.4. The molecule has 19 heavy (non-hydrogen) atoms. The zero-order chi connectivity index (χ0) is 13.8. The van der Waals surface area contributed by atoms with E-state index >= 15 is 0 Å². The number of benzene rings is 2. The minimum Gasteiger partial charge on any atom is -0.487 e. The number of nitrogens with zero attached hydrogens (tertiary/aromatic N) is 1. The van der Waals surface area contributed by atoms with Gasteiger partial charge in [0.15, 0.2) is 0 Å². The molecule has 0 radical (unpaired) electrons. The molecule has 0 unspecified atom stereocenters. The molecule has 0 atom stereocenters. The van der Waals surface area contributed by atoms with Gasteiger partial charge in [0.25, 0.3) is 0 Å². The van der Waals surface area contributed by atoms with Crippen LogP contribution < -0.4 is 10.5 Å². The van der Waals surface area contributed by atoms with Gasteiger partial charge in [0, 0.05) is 10.2 Å². The van der Waals surface area contributed by atoms with E-state index in [1.165, 1.54) is 12.1 Å². The van der Waals surface area contributed by atoms with Crippen molar-refractivity contribution in [2.75, 3.05) is 5.73 Å². The monoisotopic (exact) mass is 320 g/mol. The van der Waals surface area contributed by atoms with Crippen LogP contribution in [0.25, 0.3) is 0 Å². The third-order valence-electron chi connectivity index (χ3n) is 2.54. The van der Waals surface area contributed by atoms with E-state index in [1.807, 2.05) is 12.1 Å². The Bertz CT molecular complexity index is 652. The fourth-order valence-corrected chi connectivity index (χ4v) is 1.82. The summed E-state index contributed by atoms with van der Waals surface area (Å²) in [5.41, 5.74) is 7.10. The van der Waals surface area contributed by atoms with Crippen LogP contribution in [0.1, 0.15) is 11.1 Å². The van der Waals surface area contributed by atoms with Crippen molar-refractivity contribution >= 4 is 21.6 Å². The normalized spacial score (nSPS) is 9.95. The molecule has 0 aromatic heterocycles. The van der Waals surface area contributed by atoms with E-state index in [2.05, 4.69) is 15.9 Å². The Kier molecular flexibility index (Phi) is 4.03. The molecule has 2 N–H and O–H groups in total. The van der Waals surface area contributed by atoms with Crippen LogP contribution in [0, 0.1) is 17.1 Å². The predicted molar refractivity (Wildman–Crippen MR) is 74.0 cm³/mol. The maximum absolute atomic E-state index is 13.4. The summed E-state index contributed by atoms with van der Waals surface area (Å²) in [6, 6.07) is 11.5. The Balaban J connectivity index is 2.17. The second-order valence-electron chi connectivity index (χ2n) is 3.87. The second-order valence-corrected chi connectivity index (χ2v) is 4.72. The molecule has 0 saturated heterocycles. The summed E-state index contributed by atoms with van der Waals surface area (Å²) < 4.78 is 19.6. The van der Waals surface area contributed by atoms with E-state index in [1.54, 1.807) is 18.2 Å². The minimum atomic E-state index is -0.588. The first-order valence-corrected chi connectivity index (χ1v) is 6.26. The summed E-state index contributed by atoms with van der Waals surface area (Å²) in [5, 5.41) is 8.88. The quantitative estimate of drug-likeness (QED) is 0.879. The molecule has 0 aliphatic carbocycles. The van der Waals surface area contributed by atoms with Crippen molar-refractivity contribution < 1.29 is 9.13 Å². The van der Waals surface area contributed by atoms with Gasteiger partial charge in [-0.2, -0.15) is 5.26 Å². The zero-order valence-electron chi connectivity index (χ0n) is 9.86. The highest BCUT2D eigenvalue weighted by Gasteiger charge is 2.09. The van der Waals surface area contributed by atoms with E-state index in [4.69, 9.17) is 15.7 Å². The summed E-state index contributed by atoms with van der Waals surface area (Å²) >= 11 is 3.30. The SMILES string of the molecule is N#Cc1c(F)cccc1OCc1ccc(Br)c(N)c1. The number of ether oxygens (including phenoxy) is 1. The Labute approximate surface area is 118 Å². The average molecular weight is 321 g/mol. The van der Waals surface area contributed by atoms with Crippen molar-refractivity contribution in [2.45, 2.75) is 6.61 Å². The largest absolute Gasteiger partial charge is 0.487 e. The predicted octanol–water partition coefficient (Wildman–Crippen LogP) is 3.62.